The van der Waals surface area contributed by atoms with E-state index in [1.807, 2.05) is 60.7 Å². The van der Waals surface area contributed by atoms with E-state index in [-0.39, 0.29) is 18.1 Å². The lowest BCUT2D eigenvalue weighted by molar-refractivity contribution is -0.329. The molecule has 2 aliphatic rings. The van der Waals surface area contributed by atoms with Crippen LogP contribution in [-0.4, -0.2) is 64.6 Å². The second-order valence-electron chi connectivity index (χ2n) is 9.19. The molecule has 6 atom stereocenters. The van der Waals surface area contributed by atoms with E-state index in [2.05, 4.69) is 0 Å². The van der Waals surface area contributed by atoms with E-state index < -0.39 is 58.6 Å². The van der Waals surface area contributed by atoms with Crippen LogP contribution in [0.4, 0.5) is 0 Å². The lowest BCUT2D eigenvalue weighted by Crippen LogP contribution is -2.64. The van der Waals surface area contributed by atoms with Gasteiger partial charge in [0.25, 0.3) is 0 Å². The molecular weight excluding hydrogens is 524 g/mol. The van der Waals surface area contributed by atoms with Gasteiger partial charge in [-0.05, 0) is 17.7 Å². The van der Waals surface area contributed by atoms with E-state index in [0.29, 0.717) is 0 Å². The fourth-order valence-electron chi connectivity index (χ4n) is 4.68. The average molecular weight is 555 g/mol. The smallest absolute Gasteiger partial charge is 0.331 e. The number of esters is 1. The summed E-state index contributed by atoms with van der Waals surface area (Å²) >= 11 is 0. The van der Waals surface area contributed by atoms with E-state index in [1.165, 1.54) is 19.2 Å². The van der Waals surface area contributed by atoms with Crippen molar-refractivity contribution in [2.45, 2.75) is 47.6 Å². The fraction of sp³-hybridized carbons (Fsp3) is 0.345. The summed E-state index contributed by atoms with van der Waals surface area (Å²) < 4.78 is 63.2. The number of fused-ring (bicyclic) bond motifs is 1. The van der Waals surface area contributed by atoms with Gasteiger partial charge >= 0.3 is 5.97 Å². The van der Waals surface area contributed by atoms with Crippen molar-refractivity contribution in [3.8, 4) is 0 Å². The van der Waals surface area contributed by atoms with Crippen LogP contribution in [0.2, 0.25) is 0 Å². The van der Waals surface area contributed by atoms with Crippen LogP contribution in [0, 0.1) is 0 Å². The molecule has 0 aromatic heterocycles. The largest absolute Gasteiger partial charge is 0.467 e. The highest BCUT2D eigenvalue weighted by Crippen LogP contribution is 2.39. The lowest BCUT2D eigenvalue weighted by Gasteiger charge is -2.48. The first kappa shape index (κ1) is 27.4. The third-order valence-corrected chi connectivity index (χ3v) is 8.56. The van der Waals surface area contributed by atoms with Crippen molar-refractivity contribution in [2.24, 2.45) is 0 Å². The average Bonchev–Trinajstić information content (AvgIpc) is 2.99. The van der Waals surface area contributed by atoms with E-state index in [1.54, 1.807) is 18.2 Å². The van der Waals surface area contributed by atoms with Crippen molar-refractivity contribution >= 4 is 15.8 Å². The molecule has 2 heterocycles. The van der Waals surface area contributed by atoms with E-state index in [0.717, 1.165) is 11.1 Å². The molecule has 0 radical (unpaired) electrons. The van der Waals surface area contributed by atoms with Gasteiger partial charge in [0.2, 0.25) is 9.84 Å². The molecule has 39 heavy (non-hydrogen) atoms. The topological polar surface area (TPSA) is 107 Å². The Bertz CT molecular complexity index is 1320. The van der Waals surface area contributed by atoms with Crippen LogP contribution in [0.15, 0.2) is 95.9 Å². The van der Waals surface area contributed by atoms with E-state index in [9.17, 15) is 13.2 Å². The van der Waals surface area contributed by atoms with Crippen LogP contribution in [0.5, 0.6) is 0 Å². The Hall–Kier alpha value is -3.12. The van der Waals surface area contributed by atoms with Gasteiger partial charge < -0.3 is 28.4 Å². The third-order valence-electron chi connectivity index (χ3n) is 6.64. The SMILES string of the molecule is COC(=O)CO[C@H]1[C@@H](OCc2ccccc2)[C@@H]2OC(c3ccccc3)OC[C@H]2O[C@@H]1S(=O)(=O)c1ccccc1. The highest BCUT2D eigenvalue weighted by Gasteiger charge is 2.55. The molecule has 0 bridgehead atoms. The Labute approximate surface area is 227 Å². The maximum Gasteiger partial charge on any atom is 0.331 e. The summed E-state index contributed by atoms with van der Waals surface area (Å²) in [6, 6.07) is 26.8. The second-order valence-corrected chi connectivity index (χ2v) is 11.2. The van der Waals surface area contributed by atoms with Gasteiger partial charge in [0, 0.05) is 5.56 Å². The molecule has 10 heteroatoms. The monoisotopic (exact) mass is 554 g/mol. The molecule has 9 nitrogen and oxygen atoms in total. The minimum atomic E-state index is -4.09. The number of benzene rings is 3. The number of carbonyl (C=O) groups excluding carboxylic acids is 1. The molecule has 0 N–H and O–H groups in total. The van der Waals surface area contributed by atoms with Crippen LogP contribution in [0.1, 0.15) is 17.4 Å². The quantitative estimate of drug-likeness (QED) is 0.368. The molecule has 0 amide bonds. The minimum absolute atomic E-state index is 0.0572. The molecule has 3 aromatic rings. The van der Waals surface area contributed by atoms with E-state index >= 15 is 0 Å². The zero-order valence-electron chi connectivity index (χ0n) is 21.3. The first-order valence-corrected chi connectivity index (χ1v) is 14.1. The van der Waals surface area contributed by atoms with Crippen LogP contribution in [0.3, 0.4) is 0 Å². The normalized spacial score (nSPS) is 26.9. The molecular formula is C29H30O9S. The Morgan fingerprint density at radius 3 is 2.15 bits per heavy atom. The van der Waals surface area contributed by atoms with Crippen molar-refractivity contribution in [1.82, 2.24) is 0 Å². The Morgan fingerprint density at radius 1 is 0.846 bits per heavy atom. The zero-order chi connectivity index (χ0) is 27.2. The number of carbonyl (C=O) groups is 1. The fourth-order valence-corrected chi connectivity index (χ4v) is 6.36. The van der Waals surface area contributed by atoms with Crippen molar-refractivity contribution in [3.63, 3.8) is 0 Å². The summed E-state index contributed by atoms with van der Waals surface area (Å²) in [6.07, 6.45) is -4.38. The number of ether oxygens (including phenoxy) is 6. The highest BCUT2D eigenvalue weighted by atomic mass is 32.2. The third kappa shape index (κ3) is 6.22. The van der Waals surface area contributed by atoms with Gasteiger partial charge in [0.05, 0.1) is 25.2 Å². The number of sulfone groups is 1. The summed E-state index contributed by atoms with van der Waals surface area (Å²) in [5.74, 6) is -0.662. The summed E-state index contributed by atoms with van der Waals surface area (Å²) in [6.45, 7) is -0.266. The summed E-state index contributed by atoms with van der Waals surface area (Å²) in [7, 11) is -2.86. The van der Waals surface area contributed by atoms with Gasteiger partial charge in [0.1, 0.15) is 31.0 Å². The Kier molecular flexibility index (Phi) is 8.71. The molecule has 0 spiro atoms. The first-order valence-electron chi connectivity index (χ1n) is 12.6. The molecule has 0 aliphatic carbocycles. The molecule has 2 saturated heterocycles. The van der Waals surface area contributed by atoms with Gasteiger partial charge in [-0.2, -0.15) is 0 Å². The van der Waals surface area contributed by atoms with Crippen LogP contribution >= 0.6 is 0 Å². The number of hydrogen-bond donors (Lipinski definition) is 0. The summed E-state index contributed by atoms with van der Waals surface area (Å²) in [5.41, 5.74) is 0.178. The molecule has 5 rings (SSSR count). The second kappa shape index (κ2) is 12.4. The van der Waals surface area contributed by atoms with Gasteiger partial charge in [0.15, 0.2) is 11.7 Å². The predicted molar refractivity (Wildman–Crippen MR) is 139 cm³/mol. The van der Waals surface area contributed by atoms with E-state index in [4.69, 9.17) is 28.4 Å². The van der Waals surface area contributed by atoms with Crippen LogP contribution < -0.4 is 0 Å². The molecule has 2 aliphatic heterocycles. The number of rotatable bonds is 9. The maximum atomic E-state index is 13.8. The molecule has 2 fully saturated rings. The van der Waals surface area contributed by atoms with Crippen molar-refractivity contribution in [3.05, 3.63) is 102 Å². The van der Waals surface area contributed by atoms with Gasteiger partial charge in [-0.25, -0.2) is 13.2 Å². The molecule has 0 saturated carbocycles. The number of methoxy groups -OCH3 is 1. The molecule has 206 valence electrons. The molecule has 1 unspecified atom stereocenters. The van der Waals surface area contributed by atoms with Crippen molar-refractivity contribution in [2.75, 3.05) is 20.3 Å². The Morgan fingerprint density at radius 2 is 1.49 bits per heavy atom. The van der Waals surface area contributed by atoms with Crippen molar-refractivity contribution < 1.29 is 41.6 Å². The van der Waals surface area contributed by atoms with Crippen molar-refractivity contribution in [1.29, 1.82) is 0 Å². The highest BCUT2D eigenvalue weighted by molar-refractivity contribution is 7.92. The summed E-state index contributed by atoms with van der Waals surface area (Å²) in [4.78, 5) is 12.1. The standard InChI is InChI=1S/C29H30O9S/c1-33-24(30)19-35-27-26(34-17-20-11-5-2-6-12-20)25-23(18-36-28(38-25)21-13-7-3-8-14-21)37-29(27)39(31,32)22-15-9-4-10-16-22/h2-16,23,25-29H,17-19H2,1H3/t23-,25-,26+,27+,28?,29-/m1/s1. The zero-order valence-corrected chi connectivity index (χ0v) is 22.1. The molecule has 3 aromatic carbocycles. The van der Waals surface area contributed by atoms with Gasteiger partial charge in [-0.1, -0.05) is 78.9 Å². The van der Waals surface area contributed by atoms with Crippen LogP contribution in [0.25, 0.3) is 0 Å². The minimum Gasteiger partial charge on any atom is -0.467 e. The Balaban J connectivity index is 1.51. The van der Waals surface area contributed by atoms with Gasteiger partial charge in [-0.15, -0.1) is 0 Å². The predicted octanol–water partition coefficient (Wildman–Crippen LogP) is 3.44. The lowest BCUT2D eigenvalue weighted by atomic mass is 9.98. The maximum absolute atomic E-state index is 13.8. The first-order chi connectivity index (χ1) is 19.0. The van der Waals surface area contributed by atoms with Gasteiger partial charge in [-0.3, -0.25) is 0 Å². The van der Waals surface area contributed by atoms with Crippen LogP contribution in [-0.2, 0) is 49.7 Å². The number of hydrogen-bond acceptors (Lipinski definition) is 9. The summed E-state index contributed by atoms with van der Waals surface area (Å²) in [5, 5.41) is 0.